The standard InChI is InChI=1S/C12H14BrN/c13-8-3-6-12-11-5-2-1-4-10(11)7-9-14-12/h1-2,4-5H,3,6-9H2. The summed E-state index contributed by atoms with van der Waals surface area (Å²) in [6, 6.07) is 8.64. The van der Waals surface area contributed by atoms with Crippen molar-refractivity contribution in [1.82, 2.24) is 0 Å². The third kappa shape index (κ3) is 2.06. The van der Waals surface area contributed by atoms with Crippen LogP contribution in [0.5, 0.6) is 0 Å². The average Bonchev–Trinajstić information content (AvgIpc) is 2.26. The highest BCUT2D eigenvalue weighted by atomic mass is 79.9. The van der Waals surface area contributed by atoms with E-state index in [0.717, 1.165) is 24.7 Å². The van der Waals surface area contributed by atoms with E-state index in [1.165, 1.54) is 23.3 Å². The zero-order valence-corrected chi connectivity index (χ0v) is 9.76. The van der Waals surface area contributed by atoms with Gasteiger partial charge in [0.25, 0.3) is 0 Å². The van der Waals surface area contributed by atoms with Crippen LogP contribution in [-0.4, -0.2) is 17.6 Å². The molecule has 0 aromatic heterocycles. The Morgan fingerprint density at radius 3 is 3.00 bits per heavy atom. The highest BCUT2D eigenvalue weighted by Gasteiger charge is 2.12. The highest BCUT2D eigenvalue weighted by molar-refractivity contribution is 9.09. The predicted octanol–water partition coefficient (Wildman–Crippen LogP) is 3.21. The van der Waals surface area contributed by atoms with Gasteiger partial charge in [-0.15, -0.1) is 0 Å². The lowest BCUT2D eigenvalue weighted by Gasteiger charge is -2.16. The Labute approximate surface area is 93.4 Å². The van der Waals surface area contributed by atoms with E-state index in [0.29, 0.717) is 0 Å². The number of hydrogen-bond acceptors (Lipinski definition) is 1. The Hall–Kier alpha value is -0.630. The topological polar surface area (TPSA) is 12.4 Å². The smallest absolute Gasteiger partial charge is 0.0433 e. The van der Waals surface area contributed by atoms with Crippen molar-refractivity contribution in [2.45, 2.75) is 19.3 Å². The predicted molar refractivity (Wildman–Crippen MR) is 64.6 cm³/mol. The first kappa shape index (κ1) is 9.91. The Morgan fingerprint density at radius 1 is 1.29 bits per heavy atom. The van der Waals surface area contributed by atoms with Crippen LogP contribution in [0.1, 0.15) is 24.0 Å². The third-order valence-corrected chi connectivity index (χ3v) is 3.12. The van der Waals surface area contributed by atoms with Crippen LogP contribution in [0, 0.1) is 0 Å². The largest absolute Gasteiger partial charge is 0.289 e. The lowest BCUT2D eigenvalue weighted by Crippen LogP contribution is -2.12. The van der Waals surface area contributed by atoms with E-state index >= 15 is 0 Å². The SMILES string of the molecule is BrCCCC1=NCCc2ccccc21. The van der Waals surface area contributed by atoms with E-state index in [9.17, 15) is 0 Å². The van der Waals surface area contributed by atoms with Crippen LogP contribution in [0.4, 0.5) is 0 Å². The van der Waals surface area contributed by atoms with Crippen molar-refractivity contribution in [2.24, 2.45) is 4.99 Å². The normalized spacial score (nSPS) is 14.8. The van der Waals surface area contributed by atoms with Gasteiger partial charge in [-0.05, 0) is 30.4 Å². The molecule has 1 aromatic rings. The fraction of sp³-hybridized carbons (Fsp3) is 0.417. The molecule has 14 heavy (non-hydrogen) atoms. The third-order valence-electron chi connectivity index (χ3n) is 2.56. The van der Waals surface area contributed by atoms with Gasteiger partial charge in [0, 0.05) is 17.6 Å². The van der Waals surface area contributed by atoms with E-state index in [4.69, 9.17) is 0 Å². The number of alkyl halides is 1. The molecule has 2 rings (SSSR count). The molecule has 1 heterocycles. The van der Waals surface area contributed by atoms with E-state index in [2.05, 4.69) is 45.2 Å². The van der Waals surface area contributed by atoms with Gasteiger partial charge in [-0.3, -0.25) is 4.99 Å². The van der Waals surface area contributed by atoms with Crippen molar-refractivity contribution in [3.63, 3.8) is 0 Å². The Kier molecular flexibility index (Phi) is 3.35. The maximum Gasteiger partial charge on any atom is 0.0433 e. The lowest BCUT2D eigenvalue weighted by atomic mass is 9.95. The second kappa shape index (κ2) is 4.74. The number of halogens is 1. The summed E-state index contributed by atoms with van der Waals surface area (Å²) in [5, 5.41) is 1.06. The van der Waals surface area contributed by atoms with Crippen LogP contribution in [-0.2, 0) is 6.42 Å². The second-order valence-corrected chi connectivity index (χ2v) is 4.32. The maximum absolute atomic E-state index is 4.60. The molecule has 0 bridgehead atoms. The number of fused-ring (bicyclic) bond motifs is 1. The fourth-order valence-electron chi connectivity index (χ4n) is 1.86. The van der Waals surface area contributed by atoms with Crippen molar-refractivity contribution >= 4 is 21.6 Å². The van der Waals surface area contributed by atoms with E-state index in [1.54, 1.807) is 0 Å². The van der Waals surface area contributed by atoms with Crippen LogP contribution in [0.3, 0.4) is 0 Å². The molecule has 0 spiro atoms. The molecule has 1 aromatic carbocycles. The van der Waals surface area contributed by atoms with E-state index in [1.807, 2.05) is 0 Å². The maximum atomic E-state index is 4.60. The van der Waals surface area contributed by atoms with Crippen molar-refractivity contribution in [2.75, 3.05) is 11.9 Å². The number of rotatable bonds is 3. The highest BCUT2D eigenvalue weighted by Crippen LogP contribution is 2.18. The molecule has 1 aliphatic heterocycles. The molecule has 0 amide bonds. The minimum atomic E-state index is 0.967. The minimum Gasteiger partial charge on any atom is -0.289 e. The molecule has 0 aliphatic carbocycles. The fourth-order valence-corrected chi connectivity index (χ4v) is 2.14. The van der Waals surface area contributed by atoms with E-state index in [-0.39, 0.29) is 0 Å². The minimum absolute atomic E-state index is 0.967. The number of nitrogens with zero attached hydrogens (tertiary/aromatic N) is 1. The molecule has 0 saturated heterocycles. The molecule has 0 unspecified atom stereocenters. The van der Waals surface area contributed by atoms with Gasteiger partial charge < -0.3 is 0 Å². The van der Waals surface area contributed by atoms with Gasteiger partial charge in [-0.25, -0.2) is 0 Å². The lowest BCUT2D eigenvalue weighted by molar-refractivity contribution is 0.910. The molecule has 1 nitrogen and oxygen atoms in total. The molecule has 1 aliphatic rings. The zero-order chi connectivity index (χ0) is 9.80. The number of hydrogen-bond donors (Lipinski definition) is 0. The van der Waals surface area contributed by atoms with Crippen molar-refractivity contribution in [3.8, 4) is 0 Å². The molecular formula is C12H14BrN. The molecule has 2 heteroatoms. The summed E-state index contributed by atoms with van der Waals surface area (Å²) in [4.78, 5) is 4.60. The zero-order valence-electron chi connectivity index (χ0n) is 8.17. The van der Waals surface area contributed by atoms with Crippen LogP contribution in [0.25, 0.3) is 0 Å². The van der Waals surface area contributed by atoms with Crippen LogP contribution in [0.2, 0.25) is 0 Å². The number of benzene rings is 1. The number of aliphatic imine (C=N–C) groups is 1. The van der Waals surface area contributed by atoms with Crippen molar-refractivity contribution in [1.29, 1.82) is 0 Å². The molecular weight excluding hydrogens is 238 g/mol. The summed E-state index contributed by atoms with van der Waals surface area (Å²) in [7, 11) is 0. The summed E-state index contributed by atoms with van der Waals surface area (Å²) in [6.07, 6.45) is 3.38. The summed E-state index contributed by atoms with van der Waals surface area (Å²) in [6.45, 7) is 0.967. The molecule has 74 valence electrons. The monoisotopic (exact) mass is 251 g/mol. The quantitative estimate of drug-likeness (QED) is 0.732. The summed E-state index contributed by atoms with van der Waals surface area (Å²) < 4.78 is 0. The molecule has 0 atom stereocenters. The van der Waals surface area contributed by atoms with Crippen molar-refractivity contribution in [3.05, 3.63) is 35.4 Å². The summed E-state index contributed by atoms with van der Waals surface area (Å²) in [5.41, 5.74) is 4.14. The van der Waals surface area contributed by atoms with Crippen molar-refractivity contribution < 1.29 is 0 Å². The van der Waals surface area contributed by atoms with Gasteiger partial charge in [-0.1, -0.05) is 40.2 Å². The first-order valence-corrected chi connectivity index (χ1v) is 6.21. The van der Waals surface area contributed by atoms with Gasteiger partial charge in [0.05, 0.1) is 0 Å². The molecule has 0 N–H and O–H groups in total. The Bertz CT molecular complexity index is 344. The van der Waals surface area contributed by atoms with Gasteiger partial charge in [0.1, 0.15) is 0 Å². The van der Waals surface area contributed by atoms with Gasteiger partial charge in [0.15, 0.2) is 0 Å². The van der Waals surface area contributed by atoms with E-state index < -0.39 is 0 Å². The first-order chi connectivity index (χ1) is 6.92. The van der Waals surface area contributed by atoms with Gasteiger partial charge in [0.2, 0.25) is 0 Å². The van der Waals surface area contributed by atoms with Gasteiger partial charge in [-0.2, -0.15) is 0 Å². The first-order valence-electron chi connectivity index (χ1n) is 5.09. The average molecular weight is 252 g/mol. The Morgan fingerprint density at radius 2 is 2.14 bits per heavy atom. The molecule has 0 saturated carbocycles. The summed E-state index contributed by atoms with van der Waals surface area (Å²) >= 11 is 3.46. The molecule has 0 radical (unpaired) electrons. The van der Waals surface area contributed by atoms with Crippen LogP contribution < -0.4 is 0 Å². The molecule has 0 fully saturated rings. The summed E-state index contributed by atoms with van der Waals surface area (Å²) in [5.74, 6) is 0. The Balaban J connectivity index is 2.22. The second-order valence-electron chi connectivity index (χ2n) is 3.53. The van der Waals surface area contributed by atoms with Crippen LogP contribution >= 0.6 is 15.9 Å². The van der Waals surface area contributed by atoms with Gasteiger partial charge >= 0.3 is 0 Å². The van der Waals surface area contributed by atoms with Crippen LogP contribution in [0.15, 0.2) is 29.3 Å².